The number of fused-ring (bicyclic) bond motifs is 1. The van der Waals surface area contributed by atoms with Crippen LogP contribution >= 0.6 is 0 Å². The molecule has 0 amide bonds. The van der Waals surface area contributed by atoms with Crippen molar-refractivity contribution >= 4 is 29.1 Å². The largest absolute Gasteiger partial charge is 0.397 e. The number of nitrogen functional groups attached to an aromatic ring is 1. The van der Waals surface area contributed by atoms with Crippen molar-refractivity contribution in [3.63, 3.8) is 0 Å². The number of rotatable bonds is 1. The predicted molar refractivity (Wildman–Crippen MR) is 84.6 cm³/mol. The van der Waals surface area contributed by atoms with Gasteiger partial charge in [-0.15, -0.1) is 0 Å². The lowest BCUT2D eigenvalue weighted by Crippen LogP contribution is -2.17. The number of hydrogen-bond acceptors (Lipinski definition) is 4. The first-order valence-electron chi connectivity index (χ1n) is 6.67. The van der Waals surface area contributed by atoms with Gasteiger partial charge in [-0.25, -0.2) is 0 Å². The zero-order chi connectivity index (χ0) is 16.3. The highest BCUT2D eigenvalue weighted by Crippen LogP contribution is 2.23. The summed E-state index contributed by atoms with van der Waals surface area (Å²) in [5.74, 6) is -0.822. The molecule has 0 atom stereocenters. The number of aryl methyl sites for hydroxylation is 1. The van der Waals surface area contributed by atoms with E-state index in [1.807, 2.05) is 19.1 Å². The number of nitrogens with two attached hydrogens (primary N) is 1. The zero-order valence-corrected chi connectivity index (χ0v) is 12.4. The Morgan fingerprint density at radius 3 is 2.27 bits per heavy atom. The van der Waals surface area contributed by atoms with Crippen LogP contribution in [0.25, 0.3) is 5.57 Å². The van der Waals surface area contributed by atoms with Crippen LogP contribution in [0.2, 0.25) is 0 Å². The lowest BCUT2D eigenvalue weighted by atomic mass is 9.90. The van der Waals surface area contributed by atoms with Gasteiger partial charge in [0.25, 0.3) is 0 Å². The first-order valence-corrected chi connectivity index (χ1v) is 6.67. The smallest absolute Gasteiger partial charge is 0.233 e. The van der Waals surface area contributed by atoms with E-state index in [2.05, 4.69) is 0 Å². The number of anilines is 1. The molecule has 1 aliphatic rings. The number of carbonyl (C=O) groups is 3. The van der Waals surface area contributed by atoms with E-state index in [1.165, 1.54) is 6.08 Å². The third-order valence-corrected chi connectivity index (χ3v) is 3.35. The Labute approximate surface area is 128 Å². The topological polar surface area (TPSA) is 82.2 Å². The molecule has 1 heterocycles. The van der Waals surface area contributed by atoms with E-state index in [9.17, 15) is 14.4 Å². The highest BCUT2D eigenvalue weighted by Gasteiger charge is 2.22. The van der Waals surface area contributed by atoms with Gasteiger partial charge in [-0.05, 0) is 30.2 Å². The van der Waals surface area contributed by atoms with Gasteiger partial charge in [-0.2, -0.15) is 0 Å². The molecule has 22 heavy (non-hydrogen) atoms. The van der Waals surface area contributed by atoms with Crippen LogP contribution in [0.15, 0.2) is 42.6 Å². The number of benzene rings is 1. The van der Waals surface area contributed by atoms with Gasteiger partial charge in [0, 0.05) is 18.8 Å². The molecule has 0 saturated heterocycles. The van der Waals surface area contributed by atoms with Crippen molar-refractivity contribution in [3.8, 4) is 0 Å². The number of allylic oxidation sites excluding steroid dienone is 2. The maximum absolute atomic E-state index is 11.4. The van der Waals surface area contributed by atoms with Crippen LogP contribution < -0.4 is 5.73 Å². The summed E-state index contributed by atoms with van der Waals surface area (Å²) in [7, 11) is 1.78. The van der Waals surface area contributed by atoms with Crippen molar-refractivity contribution in [1.82, 2.24) is 4.57 Å². The Morgan fingerprint density at radius 2 is 1.77 bits per heavy atom. The summed E-state index contributed by atoms with van der Waals surface area (Å²) >= 11 is 0. The fourth-order valence-electron chi connectivity index (χ4n) is 2.22. The van der Waals surface area contributed by atoms with Crippen LogP contribution in [-0.2, 0) is 11.8 Å². The van der Waals surface area contributed by atoms with Gasteiger partial charge in [-0.3, -0.25) is 14.4 Å². The molecule has 112 valence electrons. The number of ketones is 2. The second-order valence-corrected chi connectivity index (χ2v) is 4.99. The monoisotopic (exact) mass is 296 g/mol. The van der Waals surface area contributed by atoms with E-state index in [-0.39, 0.29) is 0 Å². The van der Waals surface area contributed by atoms with Gasteiger partial charge in [0.1, 0.15) is 0 Å². The Balaban J connectivity index is 0.000000172. The molecule has 3 rings (SSSR count). The maximum Gasteiger partial charge on any atom is 0.233 e. The van der Waals surface area contributed by atoms with Gasteiger partial charge in [0.05, 0.1) is 11.4 Å². The summed E-state index contributed by atoms with van der Waals surface area (Å²) in [5, 5.41) is 0. The van der Waals surface area contributed by atoms with Gasteiger partial charge < -0.3 is 10.3 Å². The van der Waals surface area contributed by atoms with Crippen molar-refractivity contribution < 1.29 is 14.4 Å². The van der Waals surface area contributed by atoms with Gasteiger partial charge >= 0.3 is 0 Å². The molecule has 0 fully saturated rings. The van der Waals surface area contributed by atoms with Crippen molar-refractivity contribution in [1.29, 1.82) is 0 Å². The van der Waals surface area contributed by atoms with E-state index in [4.69, 9.17) is 5.73 Å². The standard InChI is InChI=1S/C11H8O2.C6H8N2O/c1-7-6-10(12)11(13)9-5-3-2-4-8(7)9;1-8-3-5(7)2-6(8)4-9/h2-6H,1H3;2-4H,7H2,1H3. The van der Waals surface area contributed by atoms with E-state index in [0.717, 1.165) is 17.4 Å². The molecule has 1 aromatic carbocycles. The number of hydrogen-bond donors (Lipinski definition) is 1. The van der Waals surface area contributed by atoms with Crippen LogP contribution in [0, 0.1) is 0 Å². The molecule has 0 aliphatic heterocycles. The SMILES string of the molecule is CC1=CC(=O)C(=O)c2ccccc21.Cn1cc(N)cc1C=O. The molecule has 0 saturated carbocycles. The van der Waals surface area contributed by atoms with Crippen molar-refractivity contribution in [2.75, 3.05) is 5.73 Å². The summed E-state index contributed by atoms with van der Waals surface area (Å²) in [6.07, 6.45) is 3.87. The van der Waals surface area contributed by atoms with Gasteiger partial charge in [-0.1, -0.05) is 24.3 Å². The summed E-state index contributed by atoms with van der Waals surface area (Å²) in [5.41, 5.74) is 8.85. The molecule has 0 spiro atoms. The van der Waals surface area contributed by atoms with Crippen molar-refractivity contribution in [2.24, 2.45) is 7.05 Å². The normalized spacial score (nSPS) is 12.9. The minimum atomic E-state index is -0.420. The summed E-state index contributed by atoms with van der Waals surface area (Å²) in [6.45, 7) is 1.84. The third-order valence-electron chi connectivity index (χ3n) is 3.35. The Bertz CT molecular complexity index is 785. The Hall–Kier alpha value is -2.95. The van der Waals surface area contributed by atoms with E-state index >= 15 is 0 Å². The lowest BCUT2D eigenvalue weighted by molar-refractivity contribution is -0.111. The second-order valence-electron chi connectivity index (χ2n) is 4.99. The molecule has 1 aromatic heterocycles. The first kappa shape index (κ1) is 15.4. The molecular formula is C17H16N2O3. The number of nitrogens with zero attached hydrogens (tertiary/aromatic N) is 1. The highest BCUT2D eigenvalue weighted by atomic mass is 16.2. The van der Waals surface area contributed by atoms with E-state index in [0.29, 0.717) is 16.9 Å². The molecule has 0 unspecified atom stereocenters. The molecule has 0 radical (unpaired) electrons. The lowest BCUT2D eigenvalue weighted by Gasteiger charge is -2.11. The van der Waals surface area contributed by atoms with Crippen LogP contribution in [0.1, 0.15) is 33.3 Å². The highest BCUT2D eigenvalue weighted by molar-refractivity contribution is 6.50. The quantitative estimate of drug-likeness (QED) is 0.646. The molecular weight excluding hydrogens is 280 g/mol. The second kappa shape index (κ2) is 6.22. The first-order chi connectivity index (χ1) is 10.4. The third kappa shape index (κ3) is 3.03. The summed E-state index contributed by atoms with van der Waals surface area (Å²) in [6, 6.07) is 8.80. The van der Waals surface area contributed by atoms with Crippen molar-refractivity contribution in [2.45, 2.75) is 6.92 Å². The Kier molecular flexibility index (Phi) is 4.36. The van der Waals surface area contributed by atoms with Crippen LogP contribution in [-0.4, -0.2) is 22.4 Å². The van der Waals surface area contributed by atoms with Crippen LogP contribution in [0.3, 0.4) is 0 Å². The molecule has 5 heteroatoms. The minimum absolute atomic E-state index is 0.402. The number of aromatic nitrogens is 1. The molecule has 0 bridgehead atoms. The molecule has 2 N–H and O–H groups in total. The van der Waals surface area contributed by atoms with Crippen LogP contribution in [0.4, 0.5) is 5.69 Å². The van der Waals surface area contributed by atoms with Crippen LogP contribution in [0.5, 0.6) is 0 Å². The number of carbonyl (C=O) groups excluding carboxylic acids is 3. The molecule has 2 aromatic rings. The number of Topliss-reactive ketones (excluding diaryl/α,β-unsaturated/α-hetero) is 1. The fraction of sp³-hybridized carbons (Fsp3) is 0.118. The van der Waals surface area contributed by atoms with Crippen molar-refractivity contribution in [3.05, 3.63) is 59.4 Å². The summed E-state index contributed by atoms with van der Waals surface area (Å²) in [4.78, 5) is 32.7. The zero-order valence-electron chi connectivity index (χ0n) is 12.4. The van der Waals surface area contributed by atoms with Gasteiger partial charge in [0.2, 0.25) is 11.6 Å². The Morgan fingerprint density at radius 1 is 1.14 bits per heavy atom. The average Bonchev–Trinajstić information content (AvgIpc) is 2.83. The average molecular weight is 296 g/mol. The van der Waals surface area contributed by atoms with Gasteiger partial charge in [0.15, 0.2) is 6.29 Å². The molecule has 5 nitrogen and oxygen atoms in total. The summed E-state index contributed by atoms with van der Waals surface area (Å²) < 4.78 is 1.68. The number of aldehydes is 1. The maximum atomic E-state index is 11.4. The van der Waals surface area contributed by atoms with E-state index < -0.39 is 11.6 Å². The minimum Gasteiger partial charge on any atom is -0.397 e. The molecule has 1 aliphatic carbocycles. The van der Waals surface area contributed by atoms with E-state index in [1.54, 1.807) is 36.0 Å². The predicted octanol–water partition coefficient (Wildman–Crippen LogP) is 2.28. The fourth-order valence-corrected chi connectivity index (χ4v) is 2.22.